The standard InChI is InChI=1S/C47H41Cl2N5O8S2/c1-3-51-47-53-45(27(2)63-47)64(58,59)54-24-35-22-42-41(61-26-43(62-42)33-13-15-36(16-14-33)60-25-30-8-17-37(48)38(49)18-30)21-34(35)20-40(54)44(55)52-39(46(56)57)19-28-4-9-31(10-5-28)32-11-6-29(23-50)7-12-32/h4-18,21-22,39-40,43H,3,19-20,24-26H2,1-2H3,(H,51,53)(H,52,55)(H,56,57)/t39-,40-,43?/m0/s1. The zero-order chi connectivity index (χ0) is 45.1. The van der Waals surface area contributed by atoms with E-state index in [0.717, 1.165) is 26.6 Å². The van der Waals surface area contributed by atoms with Gasteiger partial charge in [0.2, 0.25) is 5.91 Å². The molecular formula is C47H41Cl2N5O8S2. The number of nitrogens with one attached hydrogen (secondary N) is 2. The van der Waals surface area contributed by atoms with Crippen molar-refractivity contribution in [2.45, 2.75) is 63.1 Å². The van der Waals surface area contributed by atoms with Crippen LogP contribution in [0.15, 0.2) is 108 Å². The smallest absolute Gasteiger partial charge is 0.326 e. The molecule has 0 fully saturated rings. The highest BCUT2D eigenvalue weighted by atomic mass is 35.5. The highest BCUT2D eigenvalue weighted by Gasteiger charge is 2.43. The Labute approximate surface area is 384 Å². The minimum Gasteiger partial charge on any atom is -0.489 e. The van der Waals surface area contributed by atoms with Crippen molar-refractivity contribution in [2.24, 2.45) is 0 Å². The summed E-state index contributed by atoms with van der Waals surface area (Å²) in [6, 6.07) is 30.0. The number of amides is 1. The van der Waals surface area contributed by atoms with Crippen LogP contribution >= 0.6 is 34.5 Å². The lowest BCUT2D eigenvalue weighted by atomic mass is 9.94. The van der Waals surface area contributed by atoms with Crippen molar-refractivity contribution in [3.8, 4) is 34.4 Å². The maximum Gasteiger partial charge on any atom is 0.326 e. The van der Waals surface area contributed by atoms with E-state index in [0.29, 0.717) is 72.7 Å². The Morgan fingerprint density at radius 2 is 1.64 bits per heavy atom. The van der Waals surface area contributed by atoms with Crippen LogP contribution < -0.4 is 24.8 Å². The number of nitrogens with zero attached hydrogens (tertiary/aromatic N) is 3. The number of fused-ring (bicyclic) bond motifs is 2. The minimum atomic E-state index is -4.41. The molecule has 0 spiro atoms. The van der Waals surface area contributed by atoms with Crippen LogP contribution in [0.5, 0.6) is 17.2 Å². The number of sulfonamides is 1. The number of ether oxygens (including phenoxy) is 3. The number of carbonyl (C=O) groups is 2. The number of halogens is 2. The number of hydrogen-bond donors (Lipinski definition) is 3. The van der Waals surface area contributed by atoms with Gasteiger partial charge in [-0.1, -0.05) is 77.8 Å². The maximum absolute atomic E-state index is 14.6. The Bertz CT molecular complexity index is 2870. The molecule has 3 heterocycles. The van der Waals surface area contributed by atoms with Crippen molar-refractivity contribution >= 4 is 61.6 Å². The Kier molecular flexibility index (Phi) is 13.1. The maximum atomic E-state index is 14.6. The summed E-state index contributed by atoms with van der Waals surface area (Å²) in [4.78, 5) is 31.8. The average molecular weight is 939 g/mol. The first-order valence-corrected chi connectivity index (χ1v) is 23.3. The fraction of sp³-hybridized carbons (Fsp3) is 0.234. The summed E-state index contributed by atoms with van der Waals surface area (Å²) in [6.45, 7) is 4.31. The molecular weight excluding hydrogens is 898 g/mol. The van der Waals surface area contributed by atoms with Crippen molar-refractivity contribution in [1.29, 1.82) is 5.26 Å². The number of carbonyl (C=O) groups excluding carboxylic acids is 1. The van der Waals surface area contributed by atoms with E-state index in [1.807, 2.05) is 61.5 Å². The topological polar surface area (TPSA) is 180 Å². The van der Waals surface area contributed by atoms with E-state index in [-0.39, 0.29) is 31.0 Å². The monoisotopic (exact) mass is 937 g/mol. The van der Waals surface area contributed by atoms with Gasteiger partial charge in [-0.2, -0.15) is 9.57 Å². The second kappa shape index (κ2) is 18.9. The van der Waals surface area contributed by atoms with Gasteiger partial charge in [-0.15, -0.1) is 11.3 Å². The number of benzene rings is 5. The summed E-state index contributed by atoms with van der Waals surface area (Å²) in [6.07, 6.45) is -0.617. The number of nitriles is 1. The minimum absolute atomic E-state index is 0.0592. The first-order chi connectivity index (χ1) is 30.8. The van der Waals surface area contributed by atoms with Crippen LogP contribution in [0.3, 0.4) is 0 Å². The molecule has 0 saturated heterocycles. The third-order valence-corrected chi connectivity index (χ3v) is 14.6. The Morgan fingerprint density at radius 1 is 0.953 bits per heavy atom. The number of rotatable bonds is 14. The molecule has 8 rings (SSSR count). The zero-order valence-electron chi connectivity index (χ0n) is 34.5. The molecule has 5 aromatic carbocycles. The van der Waals surface area contributed by atoms with Crippen LogP contribution in [0, 0.1) is 18.3 Å². The summed E-state index contributed by atoms with van der Waals surface area (Å²) in [5, 5.41) is 26.3. The molecule has 0 bridgehead atoms. The van der Waals surface area contributed by atoms with E-state index < -0.39 is 40.1 Å². The van der Waals surface area contributed by atoms with Crippen molar-refractivity contribution in [2.75, 3.05) is 18.5 Å². The van der Waals surface area contributed by atoms with E-state index in [2.05, 4.69) is 21.7 Å². The molecule has 1 aromatic heterocycles. The van der Waals surface area contributed by atoms with Crippen LogP contribution in [0.1, 0.15) is 51.3 Å². The van der Waals surface area contributed by atoms with Crippen molar-refractivity contribution < 1.29 is 37.3 Å². The number of carboxylic acids is 1. The number of aliphatic carboxylic acids is 1. The molecule has 3 N–H and O–H groups in total. The Morgan fingerprint density at radius 3 is 2.31 bits per heavy atom. The lowest BCUT2D eigenvalue weighted by Crippen LogP contribution is -2.55. The molecule has 13 nitrogen and oxygen atoms in total. The van der Waals surface area contributed by atoms with E-state index in [4.69, 9.17) is 42.7 Å². The SMILES string of the molecule is CCNc1nc(S(=O)(=O)N2Cc3cc4c(cc3C[C@H]2C(=O)N[C@@H](Cc2ccc(-c3ccc(C#N)cc3)cc2)C(=O)O)OCC(c2ccc(OCc3ccc(Cl)c(Cl)c3)cc2)O4)c(C)s1. The van der Waals surface area contributed by atoms with E-state index >= 15 is 0 Å². The lowest BCUT2D eigenvalue weighted by molar-refractivity contribution is -0.142. The molecule has 1 unspecified atom stereocenters. The quantitative estimate of drug-likeness (QED) is 0.0951. The summed E-state index contributed by atoms with van der Waals surface area (Å²) in [5.41, 5.74) is 5.87. The first kappa shape index (κ1) is 44.5. The van der Waals surface area contributed by atoms with Gasteiger partial charge in [-0.25, -0.2) is 18.2 Å². The number of thiazole rings is 1. The third-order valence-electron chi connectivity index (χ3n) is 10.9. The van der Waals surface area contributed by atoms with Gasteiger partial charge in [0.1, 0.15) is 31.0 Å². The average Bonchev–Trinajstić information content (AvgIpc) is 3.68. The first-order valence-electron chi connectivity index (χ1n) is 20.3. The molecule has 328 valence electrons. The van der Waals surface area contributed by atoms with Crippen molar-refractivity contribution in [1.82, 2.24) is 14.6 Å². The molecule has 1 amide bonds. The molecule has 0 radical (unpaired) electrons. The van der Waals surface area contributed by atoms with Crippen LogP contribution in [-0.4, -0.2) is 59.9 Å². The summed E-state index contributed by atoms with van der Waals surface area (Å²) in [5.74, 6) is -0.565. The summed E-state index contributed by atoms with van der Waals surface area (Å²) < 4.78 is 48.9. The predicted octanol–water partition coefficient (Wildman–Crippen LogP) is 8.75. The normalized spacial score (nSPS) is 16.2. The molecule has 2 aliphatic rings. The van der Waals surface area contributed by atoms with Gasteiger partial charge in [-0.3, -0.25) is 4.79 Å². The second-order valence-corrected chi connectivity index (χ2v) is 19.1. The molecule has 17 heteroatoms. The van der Waals surface area contributed by atoms with E-state index in [9.17, 15) is 23.1 Å². The number of aromatic nitrogens is 1. The number of aryl methyl sites for hydroxylation is 1. The van der Waals surface area contributed by atoms with Gasteiger partial charge >= 0.3 is 5.97 Å². The van der Waals surface area contributed by atoms with E-state index in [1.54, 1.807) is 55.5 Å². The molecule has 0 aliphatic carbocycles. The summed E-state index contributed by atoms with van der Waals surface area (Å²) in [7, 11) is -4.41. The molecule has 0 saturated carbocycles. The van der Waals surface area contributed by atoms with Crippen LogP contribution in [-0.2, 0) is 45.6 Å². The molecule has 2 aliphatic heterocycles. The number of anilines is 1. The highest BCUT2D eigenvalue weighted by molar-refractivity contribution is 7.89. The van der Waals surface area contributed by atoms with Crippen molar-refractivity contribution in [3.63, 3.8) is 0 Å². The fourth-order valence-electron chi connectivity index (χ4n) is 7.58. The third kappa shape index (κ3) is 9.67. The number of carboxylic acid groups (broad SMARTS) is 1. The largest absolute Gasteiger partial charge is 0.489 e. The fourth-order valence-corrected chi connectivity index (χ4v) is 10.8. The predicted molar refractivity (Wildman–Crippen MR) is 244 cm³/mol. The van der Waals surface area contributed by atoms with Crippen molar-refractivity contribution in [3.05, 3.63) is 151 Å². The second-order valence-electron chi connectivity index (χ2n) is 15.3. The van der Waals surface area contributed by atoms with E-state index in [1.165, 1.54) is 11.3 Å². The van der Waals surface area contributed by atoms with Gasteiger partial charge in [-0.05, 0) is 108 Å². The summed E-state index contributed by atoms with van der Waals surface area (Å²) >= 11 is 13.4. The Balaban J connectivity index is 1.02. The molecule has 6 aromatic rings. The highest BCUT2D eigenvalue weighted by Crippen LogP contribution is 2.42. The van der Waals surface area contributed by atoms with Gasteiger partial charge in [0, 0.05) is 24.4 Å². The molecule has 64 heavy (non-hydrogen) atoms. The van der Waals surface area contributed by atoms with Gasteiger partial charge < -0.3 is 30.0 Å². The van der Waals surface area contributed by atoms with Crippen LogP contribution in [0.4, 0.5) is 5.13 Å². The number of hydrogen-bond acceptors (Lipinski definition) is 11. The molecule has 3 atom stereocenters. The Hall–Kier alpha value is -6.15. The van der Waals surface area contributed by atoms with Crippen LogP contribution in [0.25, 0.3) is 11.1 Å². The van der Waals surface area contributed by atoms with Crippen LogP contribution in [0.2, 0.25) is 10.0 Å². The lowest BCUT2D eigenvalue weighted by Gasteiger charge is -2.36. The van der Waals surface area contributed by atoms with Gasteiger partial charge in [0.25, 0.3) is 10.0 Å². The zero-order valence-corrected chi connectivity index (χ0v) is 37.7. The van der Waals surface area contributed by atoms with Gasteiger partial charge in [0.05, 0.1) is 21.7 Å². The van der Waals surface area contributed by atoms with Gasteiger partial charge in [0.15, 0.2) is 27.8 Å².